The van der Waals surface area contributed by atoms with Crippen molar-refractivity contribution in [2.45, 2.75) is 25.9 Å². The standard InChI is InChI=1S/C17H20FNO3S/c1-3-13(10-20)19(9-12-7-8-23-11-12)17(21)14-5-4-6-15(18)16(14)22-2/h4-8,11,13,20H,3,9-10H2,1-2H3. The van der Waals surface area contributed by atoms with Gasteiger partial charge >= 0.3 is 0 Å². The molecule has 124 valence electrons. The fraction of sp³-hybridized carbons (Fsp3) is 0.353. The molecular formula is C17H20FNO3S. The van der Waals surface area contributed by atoms with E-state index in [0.29, 0.717) is 13.0 Å². The summed E-state index contributed by atoms with van der Waals surface area (Å²) < 4.78 is 18.9. The van der Waals surface area contributed by atoms with Crippen molar-refractivity contribution >= 4 is 17.2 Å². The fourth-order valence-electron chi connectivity index (χ4n) is 2.43. The zero-order valence-corrected chi connectivity index (χ0v) is 14.0. The van der Waals surface area contributed by atoms with Gasteiger partial charge in [-0.1, -0.05) is 13.0 Å². The first kappa shape index (κ1) is 17.4. The lowest BCUT2D eigenvalue weighted by Crippen LogP contribution is -2.41. The van der Waals surface area contributed by atoms with Gasteiger partial charge in [0.1, 0.15) is 0 Å². The highest BCUT2D eigenvalue weighted by molar-refractivity contribution is 7.07. The van der Waals surface area contributed by atoms with Crippen LogP contribution in [0.4, 0.5) is 4.39 Å². The molecule has 0 fully saturated rings. The number of hydrogen-bond donors (Lipinski definition) is 1. The number of nitrogens with zero attached hydrogens (tertiary/aromatic N) is 1. The van der Waals surface area contributed by atoms with Crippen molar-refractivity contribution in [3.05, 3.63) is 52.0 Å². The normalized spacial score (nSPS) is 12.0. The Morgan fingerprint density at radius 1 is 1.43 bits per heavy atom. The van der Waals surface area contributed by atoms with Crippen molar-refractivity contribution in [3.63, 3.8) is 0 Å². The molecule has 0 radical (unpaired) electrons. The van der Waals surface area contributed by atoms with E-state index in [0.717, 1.165) is 5.56 Å². The summed E-state index contributed by atoms with van der Waals surface area (Å²) in [4.78, 5) is 14.5. The molecule has 6 heteroatoms. The average molecular weight is 337 g/mol. The van der Waals surface area contributed by atoms with Crippen molar-refractivity contribution < 1.29 is 19.0 Å². The van der Waals surface area contributed by atoms with E-state index in [2.05, 4.69) is 0 Å². The number of benzene rings is 1. The van der Waals surface area contributed by atoms with Gasteiger partial charge in [0.05, 0.1) is 25.3 Å². The third-order valence-corrected chi connectivity index (χ3v) is 4.45. The summed E-state index contributed by atoms with van der Waals surface area (Å²) >= 11 is 1.54. The van der Waals surface area contributed by atoms with Crippen LogP contribution in [0.25, 0.3) is 0 Å². The molecule has 4 nitrogen and oxygen atoms in total. The van der Waals surface area contributed by atoms with Crippen LogP contribution in [0.5, 0.6) is 5.75 Å². The van der Waals surface area contributed by atoms with Crippen molar-refractivity contribution in [1.82, 2.24) is 4.90 Å². The summed E-state index contributed by atoms with van der Waals surface area (Å²) in [7, 11) is 1.34. The summed E-state index contributed by atoms with van der Waals surface area (Å²) in [6, 6.07) is 5.86. The lowest BCUT2D eigenvalue weighted by atomic mass is 10.1. The largest absolute Gasteiger partial charge is 0.493 e. The SMILES string of the molecule is CCC(CO)N(Cc1ccsc1)C(=O)c1cccc(F)c1OC. The van der Waals surface area contributed by atoms with Gasteiger partial charge in [0, 0.05) is 6.54 Å². The van der Waals surface area contributed by atoms with Crippen molar-refractivity contribution in [1.29, 1.82) is 0 Å². The summed E-state index contributed by atoms with van der Waals surface area (Å²) in [5.41, 5.74) is 1.14. The number of carbonyl (C=O) groups is 1. The molecule has 1 N–H and O–H groups in total. The Balaban J connectivity index is 2.38. The highest BCUT2D eigenvalue weighted by Gasteiger charge is 2.26. The Labute approximate surface area is 139 Å². The minimum atomic E-state index is -0.578. The van der Waals surface area contributed by atoms with E-state index in [1.165, 1.54) is 25.3 Å². The van der Waals surface area contributed by atoms with E-state index in [4.69, 9.17) is 4.74 Å². The Bertz CT molecular complexity index is 641. The van der Waals surface area contributed by atoms with Crippen LogP contribution in [0.3, 0.4) is 0 Å². The van der Waals surface area contributed by atoms with Crippen molar-refractivity contribution in [2.75, 3.05) is 13.7 Å². The second-order valence-corrected chi connectivity index (χ2v) is 5.91. The molecule has 23 heavy (non-hydrogen) atoms. The number of rotatable bonds is 7. The molecule has 0 saturated carbocycles. The van der Waals surface area contributed by atoms with Crippen LogP contribution in [0.15, 0.2) is 35.0 Å². The first-order chi connectivity index (χ1) is 11.1. The maximum absolute atomic E-state index is 13.9. The number of thiophene rings is 1. The number of para-hydroxylation sites is 1. The number of carbonyl (C=O) groups excluding carboxylic acids is 1. The van der Waals surface area contributed by atoms with Crippen LogP contribution in [0.2, 0.25) is 0 Å². The first-order valence-electron chi connectivity index (χ1n) is 7.37. The molecule has 2 rings (SSSR count). The van der Waals surface area contributed by atoms with Crippen LogP contribution < -0.4 is 4.74 Å². The van der Waals surface area contributed by atoms with E-state index < -0.39 is 5.82 Å². The van der Waals surface area contributed by atoms with Crippen LogP contribution >= 0.6 is 11.3 Å². The lowest BCUT2D eigenvalue weighted by molar-refractivity contribution is 0.0560. The summed E-state index contributed by atoms with van der Waals surface area (Å²) in [6.45, 7) is 2.11. The average Bonchev–Trinajstić information content (AvgIpc) is 3.07. The Morgan fingerprint density at radius 3 is 2.78 bits per heavy atom. The quantitative estimate of drug-likeness (QED) is 0.843. The van der Waals surface area contributed by atoms with Crippen LogP contribution in [0, 0.1) is 5.82 Å². The molecule has 2 aromatic rings. The van der Waals surface area contributed by atoms with E-state index in [9.17, 15) is 14.3 Å². The minimum Gasteiger partial charge on any atom is -0.493 e. The molecule has 0 bridgehead atoms. The number of halogens is 1. The lowest BCUT2D eigenvalue weighted by Gasteiger charge is -2.30. The predicted octanol–water partition coefficient (Wildman–Crippen LogP) is 3.31. The second kappa shape index (κ2) is 8.08. The summed E-state index contributed by atoms with van der Waals surface area (Å²) in [5.74, 6) is -1.00. The Kier molecular flexibility index (Phi) is 6.12. The zero-order valence-electron chi connectivity index (χ0n) is 13.2. The number of amides is 1. The van der Waals surface area contributed by atoms with Crippen molar-refractivity contribution in [2.24, 2.45) is 0 Å². The first-order valence-corrected chi connectivity index (χ1v) is 8.32. The third kappa shape index (κ3) is 3.89. The summed E-state index contributed by atoms with van der Waals surface area (Å²) in [5, 5.41) is 13.5. The summed E-state index contributed by atoms with van der Waals surface area (Å²) in [6.07, 6.45) is 0.601. The van der Waals surface area contributed by atoms with Gasteiger partial charge in [0.15, 0.2) is 11.6 Å². The fourth-order valence-corrected chi connectivity index (χ4v) is 3.09. The van der Waals surface area contributed by atoms with Crippen molar-refractivity contribution in [3.8, 4) is 5.75 Å². The van der Waals surface area contributed by atoms with Gasteiger partial charge in [-0.2, -0.15) is 11.3 Å². The number of ether oxygens (including phenoxy) is 1. The molecule has 0 spiro atoms. The molecule has 1 heterocycles. The van der Waals surface area contributed by atoms with Crippen LogP contribution in [-0.4, -0.2) is 35.7 Å². The number of aliphatic hydroxyl groups is 1. The molecule has 0 aliphatic carbocycles. The molecule has 0 aliphatic rings. The van der Waals surface area contributed by atoms with E-state index in [-0.39, 0.29) is 29.9 Å². The molecule has 1 amide bonds. The van der Waals surface area contributed by atoms with Crippen LogP contribution in [0.1, 0.15) is 29.3 Å². The highest BCUT2D eigenvalue weighted by Crippen LogP contribution is 2.26. The molecule has 1 aromatic heterocycles. The number of hydrogen-bond acceptors (Lipinski definition) is 4. The number of aliphatic hydroxyl groups excluding tert-OH is 1. The van der Waals surface area contributed by atoms with Gasteiger partial charge < -0.3 is 14.7 Å². The second-order valence-electron chi connectivity index (χ2n) is 5.13. The highest BCUT2D eigenvalue weighted by atomic mass is 32.1. The van der Waals surface area contributed by atoms with Gasteiger partial charge in [0.2, 0.25) is 0 Å². The van der Waals surface area contributed by atoms with Gasteiger partial charge in [-0.3, -0.25) is 4.79 Å². The van der Waals surface area contributed by atoms with Gasteiger partial charge in [-0.15, -0.1) is 0 Å². The number of methoxy groups -OCH3 is 1. The molecule has 1 aromatic carbocycles. The van der Waals surface area contributed by atoms with Gasteiger partial charge in [-0.05, 0) is 40.9 Å². The Morgan fingerprint density at radius 2 is 2.22 bits per heavy atom. The maximum Gasteiger partial charge on any atom is 0.258 e. The molecule has 0 aliphatic heterocycles. The third-order valence-electron chi connectivity index (χ3n) is 3.72. The molecule has 0 saturated heterocycles. The van der Waals surface area contributed by atoms with Gasteiger partial charge in [-0.25, -0.2) is 4.39 Å². The van der Waals surface area contributed by atoms with Gasteiger partial charge in [0.25, 0.3) is 5.91 Å². The smallest absolute Gasteiger partial charge is 0.258 e. The van der Waals surface area contributed by atoms with E-state index >= 15 is 0 Å². The van der Waals surface area contributed by atoms with E-state index in [1.54, 1.807) is 16.2 Å². The Hall–Kier alpha value is -1.92. The monoisotopic (exact) mass is 337 g/mol. The molecule has 1 unspecified atom stereocenters. The molecule has 1 atom stereocenters. The zero-order chi connectivity index (χ0) is 16.8. The van der Waals surface area contributed by atoms with Crippen LogP contribution in [-0.2, 0) is 6.54 Å². The topological polar surface area (TPSA) is 49.8 Å². The van der Waals surface area contributed by atoms with E-state index in [1.807, 2.05) is 23.8 Å². The maximum atomic E-state index is 13.9. The minimum absolute atomic E-state index is 0.0689. The molecular weight excluding hydrogens is 317 g/mol. The predicted molar refractivity (Wildman–Crippen MR) is 88.3 cm³/mol.